The summed E-state index contributed by atoms with van der Waals surface area (Å²) in [4.78, 5) is 21.4. The van der Waals surface area contributed by atoms with Crippen molar-refractivity contribution >= 4 is 12.0 Å². The molecule has 0 aliphatic carbocycles. The lowest BCUT2D eigenvalue weighted by Crippen LogP contribution is -2.35. The summed E-state index contributed by atoms with van der Waals surface area (Å²) in [6, 6.07) is 0. The van der Waals surface area contributed by atoms with Crippen LogP contribution in [0.4, 0.5) is 4.39 Å². The summed E-state index contributed by atoms with van der Waals surface area (Å²) < 4.78 is 29.9. The third-order valence-corrected chi connectivity index (χ3v) is 5.60. The van der Waals surface area contributed by atoms with Gasteiger partial charge in [-0.1, -0.05) is 73.8 Å². The molecule has 0 aliphatic rings. The molecule has 0 saturated heterocycles. The van der Waals surface area contributed by atoms with Gasteiger partial charge in [-0.05, 0) is 65.9 Å². The van der Waals surface area contributed by atoms with Crippen LogP contribution in [0.25, 0.3) is 6.08 Å². The number of carbonyl (C=O) groups is 1. The first-order chi connectivity index (χ1) is 19.0. The fraction of sp³-hybridized carbons (Fsp3) is 0.794. The van der Waals surface area contributed by atoms with E-state index in [1.807, 2.05) is 13.0 Å². The number of aliphatic hydroxyl groups excluding tert-OH is 1. The Bertz CT molecular complexity index is 907. The van der Waals surface area contributed by atoms with Gasteiger partial charge in [0, 0.05) is 13.0 Å². The quantitative estimate of drug-likeness (QED) is 0.190. The SMILES string of the molecule is C/C(=C\c1ncc(C(O)CCOCC(COC(C)(C)F)C(=O)OC(C)(C)C)nc1C)C(C)(C)C.CC(C)C.CCCC. The molecule has 0 bridgehead atoms. The molecule has 2 unspecified atom stereocenters. The van der Waals surface area contributed by atoms with Crippen LogP contribution in [-0.4, -0.2) is 52.3 Å². The fourth-order valence-corrected chi connectivity index (χ4v) is 2.67. The Labute approximate surface area is 257 Å². The Morgan fingerprint density at radius 2 is 1.55 bits per heavy atom. The summed E-state index contributed by atoms with van der Waals surface area (Å²) in [6.07, 6.45) is 5.62. The van der Waals surface area contributed by atoms with Gasteiger partial charge in [-0.25, -0.2) is 4.39 Å². The molecule has 0 radical (unpaired) electrons. The summed E-state index contributed by atoms with van der Waals surface area (Å²) in [5, 5.41) is 10.5. The second-order valence-electron chi connectivity index (χ2n) is 13.9. The number of unbranched alkanes of at least 4 members (excludes halogenated alkanes) is 1. The fourth-order valence-electron chi connectivity index (χ4n) is 2.67. The van der Waals surface area contributed by atoms with Gasteiger partial charge in [-0.3, -0.25) is 14.8 Å². The van der Waals surface area contributed by atoms with E-state index < -0.39 is 29.4 Å². The predicted octanol–water partition coefficient (Wildman–Crippen LogP) is 8.82. The highest BCUT2D eigenvalue weighted by Crippen LogP contribution is 2.27. The van der Waals surface area contributed by atoms with Crippen LogP contribution in [0.15, 0.2) is 11.8 Å². The Hall–Kier alpha value is -1.90. The van der Waals surface area contributed by atoms with Crippen molar-refractivity contribution in [3.63, 3.8) is 0 Å². The molecule has 8 heteroatoms. The van der Waals surface area contributed by atoms with Crippen LogP contribution < -0.4 is 0 Å². The zero-order chi connectivity index (χ0) is 33.3. The Morgan fingerprint density at radius 1 is 1.02 bits per heavy atom. The van der Waals surface area contributed by atoms with Crippen molar-refractivity contribution in [2.45, 2.75) is 141 Å². The minimum Gasteiger partial charge on any atom is -0.460 e. The Kier molecular flexibility index (Phi) is 20.2. The summed E-state index contributed by atoms with van der Waals surface area (Å²) in [5.74, 6) is -2.35. The number of alkyl halides is 1. The van der Waals surface area contributed by atoms with Crippen LogP contribution in [0.5, 0.6) is 0 Å². The molecular weight excluding hydrogens is 535 g/mol. The Morgan fingerprint density at radius 3 is 1.95 bits per heavy atom. The molecule has 0 fully saturated rings. The lowest BCUT2D eigenvalue weighted by molar-refractivity contribution is -0.174. The largest absolute Gasteiger partial charge is 0.460 e. The molecule has 2 atom stereocenters. The summed E-state index contributed by atoms with van der Waals surface area (Å²) in [5.41, 5.74) is 2.50. The van der Waals surface area contributed by atoms with Crippen LogP contribution >= 0.6 is 0 Å². The van der Waals surface area contributed by atoms with Crippen molar-refractivity contribution in [1.82, 2.24) is 9.97 Å². The van der Waals surface area contributed by atoms with Crippen molar-refractivity contribution in [1.29, 1.82) is 0 Å². The highest BCUT2D eigenvalue weighted by atomic mass is 19.2. The molecule has 0 saturated carbocycles. The first kappa shape index (κ1) is 42.2. The molecule has 0 amide bonds. The van der Waals surface area contributed by atoms with Gasteiger partial charge < -0.3 is 19.3 Å². The smallest absolute Gasteiger partial charge is 0.314 e. The maximum absolute atomic E-state index is 13.8. The maximum Gasteiger partial charge on any atom is 0.314 e. The maximum atomic E-state index is 13.8. The lowest BCUT2D eigenvalue weighted by Gasteiger charge is -2.25. The molecule has 0 spiro atoms. The van der Waals surface area contributed by atoms with E-state index in [2.05, 4.69) is 72.3 Å². The van der Waals surface area contributed by atoms with Crippen molar-refractivity contribution in [2.75, 3.05) is 19.8 Å². The summed E-state index contributed by atoms with van der Waals surface area (Å²) in [7, 11) is 0. The number of carbonyl (C=O) groups excluding carboxylic acids is 1. The number of ether oxygens (including phenoxy) is 3. The van der Waals surface area contributed by atoms with Crippen LogP contribution in [0.1, 0.15) is 139 Å². The number of nitrogens with zero attached hydrogens (tertiary/aromatic N) is 2. The molecule has 0 aromatic carbocycles. The summed E-state index contributed by atoms with van der Waals surface area (Å²) in [6.45, 7) is 29.0. The van der Waals surface area contributed by atoms with Gasteiger partial charge in [0.25, 0.3) is 0 Å². The van der Waals surface area contributed by atoms with Gasteiger partial charge in [0.2, 0.25) is 5.85 Å². The van der Waals surface area contributed by atoms with Crippen LogP contribution in [0, 0.1) is 24.2 Å². The number of hydrogen-bond acceptors (Lipinski definition) is 7. The highest BCUT2D eigenvalue weighted by Gasteiger charge is 2.28. The van der Waals surface area contributed by atoms with Crippen LogP contribution in [0.3, 0.4) is 0 Å². The minimum absolute atomic E-state index is 0.0156. The first-order valence-corrected chi connectivity index (χ1v) is 15.4. The van der Waals surface area contributed by atoms with E-state index in [-0.39, 0.29) is 31.7 Å². The van der Waals surface area contributed by atoms with Gasteiger partial charge in [-0.2, -0.15) is 0 Å². The van der Waals surface area contributed by atoms with E-state index in [1.54, 1.807) is 27.0 Å². The summed E-state index contributed by atoms with van der Waals surface area (Å²) >= 11 is 0. The number of halogens is 1. The molecule has 246 valence electrons. The van der Waals surface area contributed by atoms with E-state index in [9.17, 15) is 14.3 Å². The van der Waals surface area contributed by atoms with E-state index in [0.29, 0.717) is 5.69 Å². The number of aliphatic hydroxyl groups is 1. The topological polar surface area (TPSA) is 90.8 Å². The molecule has 1 heterocycles. The standard InChI is InChI=1S/C26H43FN2O5.2C4H10/c1-17(24(3,4)5)13-20-18(2)29-21(14-28-20)22(30)11-12-32-15-19(16-33-26(9,10)27)23(31)34-25(6,7)8;1-4(2)3;1-3-4-2/h13-14,19,22,30H,11-12,15-16H2,1-10H3;4H,1-3H3;3-4H2,1-2H3/b17-13+;;. The number of esters is 1. The Balaban J connectivity index is 0. The first-order valence-electron chi connectivity index (χ1n) is 15.4. The molecule has 1 aromatic rings. The number of aryl methyl sites for hydroxylation is 1. The van der Waals surface area contributed by atoms with Crippen molar-refractivity contribution in [3.8, 4) is 0 Å². The van der Waals surface area contributed by atoms with Gasteiger partial charge in [0.15, 0.2) is 0 Å². The average molecular weight is 599 g/mol. The number of aromatic nitrogens is 2. The third kappa shape index (κ3) is 22.7. The van der Waals surface area contributed by atoms with Gasteiger partial charge in [-0.15, -0.1) is 0 Å². The molecule has 1 N–H and O–H groups in total. The van der Waals surface area contributed by atoms with E-state index in [1.165, 1.54) is 32.3 Å². The normalized spacial score (nSPS) is 13.9. The monoisotopic (exact) mass is 598 g/mol. The van der Waals surface area contributed by atoms with Gasteiger partial charge in [0.1, 0.15) is 11.5 Å². The zero-order valence-electron chi connectivity index (χ0n) is 29.5. The van der Waals surface area contributed by atoms with Crippen molar-refractivity contribution in [2.24, 2.45) is 17.3 Å². The number of hydrogen-bond donors (Lipinski definition) is 1. The molecule has 42 heavy (non-hydrogen) atoms. The minimum atomic E-state index is -1.88. The van der Waals surface area contributed by atoms with Gasteiger partial charge in [0.05, 0.1) is 42.6 Å². The highest BCUT2D eigenvalue weighted by molar-refractivity contribution is 5.73. The van der Waals surface area contributed by atoms with E-state index in [0.717, 1.165) is 17.3 Å². The molecule has 7 nitrogen and oxygen atoms in total. The molecule has 1 rings (SSSR count). The predicted molar refractivity (Wildman–Crippen MR) is 172 cm³/mol. The second-order valence-corrected chi connectivity index (χ2v) is 13.9. The van der Waals surface area contributed by atoms with Crippen molar-refractivity contribution in [3.05, 3.63) is 28.9 Å². The van der Waals surface area contributed by atoms with Crippen LogP contribution in [-0.2, 0) is 19.0 Å². The van der Waals surface area contributed by atoms with E-state index in [4.69, 9.17) is 14.2 Å². The van der Waals surface area contributed by atoms with E-state index >= 15 is 0 Å². The number of allylic oxidation sites excluding steroid dienone is 1. The van der Waals surface area contributed by atoms with Crippen molar-refractivity contribution < 1.29 is 28.5 Å². The second kappa shape index (κ2) is 20.1. The molecular formula is C34H63FN2O5. The molecule has 1 aromatic heterocycles. The zero-order valence-corrected chi connectivity index (χ0v) is 29.5. The molecule has 0 aliphatic heterocycles. The van der Waals surface area contributed by atoms with Crippen LogP contribution in [0.2, 0.25) is 0 Å². The lowest BCUT2D eigenvalue weighted by atomic mass is 9.87. The number of rotatable bonds is 12. The third-order valence-electron chi connectivity index (χ3n) is 5.60. The van der Waals surface area contributed by atoms with Gasteiger partial charge >= 0.3 is 5.97 Å². The average Bonchev–Trinajstić information content (AvgIpc) is 2.81.